The van der Waals surface area contributed by atoms with Gasteiger partial charge in [0.2, 0.25) is 5.91 Å². The van der Waals surface area contributed by atoms with E-state index in [0.29, 0.717) is 42.3 Å². The fraction of sp³-hybridized carbons (Fsp3) is 0.280. The van der Waals surface area contributed by atoms with Gasteiger partial charge in [0, 0.05) is 55.1 Å². The van der Waals surface area contributed by atoms with E-state index in [9.17, 15) is 9.59 Å². The van der Waals surface area contributed by atoms with E-state index in [1.54, 1.807) is 23.1 Å². The lowest BCUT2D eigenvalue weighted by Crippen LogP contribution is -2.37. The Hall–Kier alpha value is -3.78. The van der Waals surface area contributed by atoms with Crippen LogP contribution in [0.3, 0.4) is 0 Å². The van der Waals surface area contributed by atoms with Gasteiger partial charge in [-0.05, 0) is 42.5 Å². The molecule has 1 N–H and O–H groups in total. The highest BCUT2D eigenvalue weighted by atomic mass is 16.5. The summed E-state index contributed by atoms with van der Waals surface area (Å²) in [6, 6.07) is 14.4. The lowest BCUT2D eigenvalue weighted by Gasteiger charge is -2.25. The molecular formula is C25H26N2O6. The molecule has 1 aliphatic rings. The standard InChI is InChI=1S/C25H26N2O6/c1-30-15-24(28)27-9-8-22-18(14-27)12-23(33-22)16-4-6-19(7-5-16)26-25(29)17-10-20(31-2)13-21(11-17)32-3/h4-7,10-13H,8-9,14-15H2,1-3H3,(H,26,29). The van der Waals surface area contributed by atoms with Gasteiger partial charge in [-0.3, -0.25) is 9.59 Å². The molecule has 0 aliphatic carbocycles. The fourth-order valence-electron chi connectivity index (χ4n) is 3.76. The van der Waals surface area contributed by atoms with Crippen LogP contribution in [0.5, 0.6) is 11.5 Å². The highest BCUT2D eigenvalue weighted by Gasteiger charge is 2.24. The van der Waals surface area contributed by atoms with Crippen molar-refractivity contribution < 1.29 is 28.2 Å². The highest BCUT2D eigenvalue weighted by Crippen LogP contribution is 2.30. The van der Waals surface area contributed by atoms with Gasteiger partial charge in [0.15, 0.2) is 0 Å². The van der Waals surface area contributed by atoms with Crippen LogP contribution in [0.25, 0.3) is 11.3 Å². The van der Waals surface area contributed by atoms with Gasteiger partial charge in [0.25, 0.3) is 5.91 Å². The van der Waals surface area contributed by atoms with Gasteiger partial charge in [-0.25, -0.2) is 0 Å². The van der Waals surface area contributed by atoms with E-state index in [4.69, 9.17) is 18.6 Å². The number of anilines is 1. The first kappa shape index (κ1) is 22.4. The SMILES string of the molecule is COCC(=O)N1CCc2oc(-c3ccc(NC(=O)c4cc(OC)cc(OC)c4)cc3)cc2C1. The van der Waals surface area contributed by atoms with Crippen LogP contribution in [0.4, 0.5) is 5.69 Å². The molecule has 4 rings (SSSR count). The van der Waals surface area contributed by atoms with Gasteiger partial charge < -0.3 is 28.8 Å². The number of fused-ring (bicyclic) bond motifs is 1. The van der Waals surface area contributed by atoms with Gasteiger partial charge in [-0.15, -0.1) is 0 Å². The Morgan fingerprint density at radius 2 is 1.70 bits per heavy atom. The van der Waals surface area contributed by atoms with Crippen LogP contribution in [0.2, 0.25) is 0 Å². The topological polar surface area (TPSA) is 90.2 Å². The predicted octanol–water partition coefficient (Wildman–Crippen LogP) is 3.75. The fourth-order valence-corrected chi connectivity index (χ4v) is 3.76. The van der Waals surface area contributed by atoms with E-state index < -0.39 is 0 Å². The van der Waals surface area contributed by atoms with Crippen LogP contribution in [-0.4, -0.2) is 51.2 Å². The lowest BCUT2D eigenvalue weighted by molar-refractivity contribution is -0.136. The molecule has 0 fully saturated rings. The molecule has 0 saturated heterocycles. The van der Waals surface area contributed by atoms with Crippen LogP contribution in [0.15, 0.2) is 52.9 Å². The number of hydrogen-bond acceptors (Lipinski definition) is 6. The molecule has 0 saturated carbocycles. The number of ether oxygens (including phenoxy) is 3. The lowest BCUT2D eigenvalue weighted by atomic mass is 10.1. The smallest absolute Gasteiger partial charge is 0.255 e. The Balaban J connectivity index is 1.45. The van der Waals surface area contributed by atoms with Crippen molar-refractivity contribution in [2.45, 2.75) is 13.0 Å². The summed E-state index contributed by atoms with van der Waals surface area (Å²) in [5.74, 6) is 2.42. The molecule has 0 atom stereocenters. The minimum absolute atomic E-state index is 0.0281. The Kier molecular flexibility index (Phi) is 6.65. The molecule has 2 amide bonds. The number of methoxy groups -OCH3 is 3. The number of furan rings is 1. The van der Waals surface area contributed by atoms with Crippen molar-refractivity contribution in [1.82, 2.24) is 4.90 Å². The quantitative estimate of drug-likeness (QED) is 0.590. The third kappa shape index (κ3) is 5.01. The van der Waals surface area contributed by atoms with Crippen molar-refractivity contribution in [1.29, 1.82) is 0 Å². The van der Waals surface area contributed by atoms with E-state index in [1.165, 1.54) is 21.3 Å². The van der Waals surface area contributed by atoms with Crippen LogP contribution in [0.1, 0.15) is 21.7 Å². The number of hydrogen-bond donors (Lipinski definition) is 1. The average Bonchev–Trinajstić information content (AvgIpc) is 3.27. The number of amides is 2. The Morgan fingerprint density at radius 3 is 2.33 bits per heavy atom. The van der Waals surface area contributed by atoms with E-state index in [2.05, 4.69) is 5.32 Å². The number of benzene rings is 2. The molecule has 0 bridgehead atoms. The first-order valence-corrected chi connectivity index (χ1v) is 10.5. The maximum absolute atomic E-state index is 12.7. The average molecular weight is 450 g/mol. The first-order valence-electron chi connectivity index (χ1n) is 10.5. The predicted molar refractivity (Wildman–Crippen MR) is 123 cm³/mol. The number of nitrogens with one attached hydrogen (secondary N) is 1. The van der Waals surface area contributed by atoms with Crippen LogP contribution < -0.4 is 14.8 Å². The van der Waals surface area contributed by atoms with Crippen LogP contribution >= 0.6 is 0 Å². The van der Waals surface area contributed by atoms with E-state index in [1.807, 2.05) is 30.3 Å². The minimum atomic E-state index is -0.269. The number of carbonyl (C=O) groups excluding carboxylic acids is 2. The van der Waals surface area contributed by atoms with E-state index >= 15 is 0 Å². The Labute approximate surface area is 192 Å². The summed E-state index contributed by atoms with van der Waals surface area (Å²) >= 11 is 0. The first-order chi connectivity index (χ1) is 16.0. The minimum Gasteiger partial charge on any atom is -0.497 e. The molecule has 1 aromatic heterocycles. The zero-order chi connectivity index (χ0) is 23.4. The summed E-state index contributed by atoms with van der Waals surface area (Å²) in [4.78, 5) is 26.6. The highest BCUT2D eigenvalue weighted by molar-refractivity contribution is 6.04. The van der Waals surface area contributed by atoms with Gasteiger partial charge in [0.1, 0.15) is 29.6 Å². The molecular weight excluding hydrogens is 424 g/mol. The molecule has 33 heavy (non-hydrogen) atoms. The molecule has 8 heteroatoms. The second-order valence-electron chi connectivity index (χ2n) is 7.69. The van der Waals surface area contributed by atoms with Crippen molar-refractivity contribution >= 4 is 17.5 Å². The van der Waals surface area contributed by atoms with E-state index in [0.717, 1.165) is 22.6 Å². The summed E-state index contributed by atoms with van der Waals surface area (Å²) in [6.45, 7) is 1.21. The number of nitrogens with zero attached hydrogens (tertiary/aromatic N) is 1. The Bertz CT molecular complexity index is 1130. The third-order valence-electron chi connectivity index (χ3n) is 5.53. The van der Waals surface area contributed by atoms with Crippen molar-refractivity contribution in [3.8, 4) is 22.8 Å². The summed E-state index contributed by atoms with van der Waals surface area (Å²) in [5, 5.41) is 2.88. The molecule has 2 aromatic carbocycles. The molecule has 172 valence electrons. The summed E-state index contributed by atoms with van der Waals surface area (Å²) in [5.41, 5.74) is 2.98. The summed E-state index contributed by atoms with van der Waals surface area (Å²) < 4.78 is 21.5. The second kappa shape index (κ2) is 9.79. The van der Waals surface area contributed by atoms with Gasteiger partial charge in [-0.2, -0.15) is 0 Å². The molecule has 0 spiro atoms. The molecule has 3 aromatic rings. The monoisotopic (exact) mass is 450 g/mol. The van der Waals surface area contributed by atoms with Crippen molar-refractivity contribution in [3.63, 3.8) is 0 Å². The molecule has 2 heterocycles. The maximum atomic E-state index is 12.7. The maximum Gasteiger partial charge on any atom is 0.255 e. The van der Waals surface area contributed by atoms with Crippen LogP contribution in [-0.2, 0) is 22.5 Å². The molecule has 8 nitrogen and oxygen atoms in total. The van der Waals surface area contributed by atoms with Gasteiger partial charge >= 0.3 is 0 Å². The summed E-state index contributed by atoms with van der Waals surface area (Å²) in [6.07, 6.45) is 0.670. The Morgan fingerprint density at radius 1 is 1.00 bits per heavy atom. The normalized spacial score (nSPS) is 12.8. The van der Waals surface area contributed by atoms with Gasteiger partial charge in [0.05, 0.1) is 14.2 Å². The number of carbonyl (C=O) groups is 2. The van der Waals surface area contributed by atoms with Gasteiger partial charge in [-0.1, -0.05) is 0 Å². The number of rotatable bonds is 7. The second-order valence-corrected chi connectivity index (χ2v) is 7.69. The molecule has 0 unspecified atom stereocenters. The van der Waals surface area contributed by atoms with Crippen molar-refractivity contribution in [2.24, 2.45) is 0 Å². The van der Waals surface area contributed by atoms with Crippen LogP contribution in [0, 0.1) is 0 Å². The van der Waals surface area contributed by atoms with E-state index in [-0.39, 0.29) is 18.4 Å². The zero-order valence-corrected chi connectivity index (χ0v) is 18.8. The van der Waals surface area contributed by atoms with Crippen molar-refractivity contribution in [3.05, 3.63) is 65.4 Å². The largest absolute Gasteiger partial charge is 0.497 e. The molecule has 1 aliphatic heterocycles. The molecule has 0 radical (unpaired) electrons. The van der Waals surface area contributed by atoms with Crippen molar-refractivity contribution in [2.75, 3.05) is 39.8 Å². The third-order valence-corrected chi connectivity index (χ3v) is 5.53. The zero-order valence-electron chi connectivity index (χ0n) is 18.8. The summed E-state index contributed by atoms with van der Waals surface area (Å²) in [7, 11) is 4.59.